The van der Waals surface area contributed by atoms with Gasteiger partial charge in [0.15, 0.2) is 0 Å². The second-order valence-electron chi connectivity index (χ2n) is 7.62. The van der Waals surface area contributed by atoms with Crippen molar-refractivity contribution in [2.24, 2.45) is 5.73 Å². The molecule has 30 heavy (non-hydrogen) atoms. The van der Waals surface area contributed by atoms with Crippen molar-refractivity contribution >= 4 is 22.5 Å². The number of carbonyl (C=O) groups is 2. The van der Waals surface area contributed by atoms with E-state index >= 15 is 0 Å². The van der Waals surface area contributed by atoms with E-state index in [-0.39, 0.29) is 30.8 Å². The second kappa shape index (κ2) is 10.7. The van der Waals surface area contributed by atoms with E-state index in [0.717, 1.165) is 40.3 Å². The van der Waals surface area contributed by atoms with Gasteiger partial charge in [-0.25, -0.2) is 0 Å². The van der Waals surface area contributed by atoms with Gasteiger partial charge in [0.25, 0.3) is 0 Å². The predicted molar refractivity (Wildman–Crippen MR) is 120 cm³/mol. The molecule has 0 aliphatic rings. The molecule has 4 nitrogen and oxygen atoms in total. The van der Waals surface area contributed by atoms with Gasteiger partial charge in [-0.2, -0.15) is 0 Å². The van der Waals surface area contributed by atoms with Crippen LogP contribution in [0.15, 0.2) is 66.7 Å². The molecule has 1 atom stereocenters. The van der Waals surface area contributed by atoms with Crippen LogP contribution in [0.2, 0.25) is 0 Å². The molecule has 2 N–H and O–H groups in total. The van der Waals surface area contributed by atoms with E-state index in [0.29, 0.717) is 12.8 Å². The van der Waals surface area contributed by atoms with E-state index in [4.69, 9.17) is 10.5 Å². The van der Waals surface area contributed by atoms with Crippen LogP contribution in [0.4, 0.5) is 0 Å². The van der Waals surface area contributed by atoms with Crippen molar-refractivity contribution in [2.45, 2.75) is 45.1 Å². The van der Waals surface area contributed by atoms with Crippen molar-refractivity contribution in [1.29, 1.82) is 0 Å². The van der Waals surface area contributed by atoms with E-state index in [2.05, 4.69) is 18.2 Å². The normalized spacial score (nSPS) is 11.9. The first-order valence-corrected chi connectivity index (χ1v) is 10.6. The lowest BCUT2D eigenvalue weighted by Gasteiger charge is -2.15. The van der Waals surface area contributed by atoms with Crippen LogP contribution in [-0.2, 0) is 27.4 Å². The molecule has 0 aromatic heterocycles. The van der Waals surface area contributed by atoms with Gasteiger partial charge in [0.1, 0.15) is 12.4 Å². The molecule has 0 radical (unpaired) electrons. The van der Waals surface area contributed by atoms with Crippen LogP contribution < -0.4 is 5.73 Å². The quantitative estimate of drug-likeness (QED) is 0.488. The topological polar surface area (TPSA) is 69.4 Å². The van der Waals surface area contributed by atoms with Gasteiger partial charge in [-0.15, -0.1) is 0 Å². The summed E-state index contributed by atoms with van der Waals surface area (Å²) in [5.74, 6) is -0.421. The van der Waals surface area contributed by atoms with Gasteiger partial charge in [-0.1, -0.05) is 80.1 Å². The zero-order chi connectivity index (χ0) is 21.3. The third kappa shape index (κ3) is 5.77. The highest BCUT2D eigenvalue weighted by Crippen LogP contribution is 2.21. The second-order valence-corrected chi connectivity index (χ2v) is 7.62. The van der Waals surface area contributed by atoms with Gasteiger partial charge in [-0.3, -0.25) is 9.59 Å². The Kier molecular flexibility index (Phi) is 7.75. The fourth-order valence-electron chi connectivity index (χ4n) is 3.53. The van der Waals surface area contributed by atoms with E-state index in [1.165, 1.54) is 0 Å². The molecule has 3 rings (SSSR count). The number of unbranched alkanes of at least 4 members (excludes halogenated alkanes) is 1. The number of rotatable bonds is 10. The lowest BCUT2D eigenvalue weighted by Crippen LogP contribution is -2.23. The first-order valence-electron chi connectivity index (χ1n) is 10.6. The molecule has 3 aromatic rings. The molecule has 0 aliphatic carbocycles. The van der Waals surface area contributed by atoms with Crippen molar-refractivity contribution in [1.82, 2.24) is 0 Å². The average molecular weight is 404 g/mol. The first-order chi connectivity index (χ1) is 14.6. The summed E-state index contributed by atoms with van der Waals surface area (Å²) in [6.07, 6.45) is 2.61. The van der Waals surface area contributed by atoms with E-state index in [1.54, 1.807) is 0 Å². The molecule has 1 unspecified atom stereocenters. The maximum atomic E-state index is 12.9. The highest BCUT2D eigenvalue weighted by molar-refractivity contribution is 5.90. The number of esters is 1. The van der Waals surface area contributed by atoms with Gasteiger partial charge >= 0.3 is 5.97 Å². The van der Waals surface area contributed by atoms with Crippen molar-refractivity contribution in [3.63, 3.8) is 0 Å². The molecule has 4 heteroatoms. The number of fused-ring (bicyclic) bond motifs is 1. The summed E-state index contributed by atoms with van der Waals surface area (Å²) < 4.78 is 5.29. The van der Waals surface area contributed by atoms with E-state index < -0.39 is 0 Å². The number of Topliss-reactive ketones (excluding diaryl/α,β-unsaturated/α-hetero) is 1. The molecule has 0 saturated heterocycles. The lowest BCUT2D eigenvalue weighted by molar-refractivity contribution is -0.145. The van der Waals surface area contributed by atoms with Crippen LogP contribution in [0.5, 0.6) is 0 Å². The summed E-state index contributed by atoms with van der Waals surface area (Å²) in [4.78, 5) is 24.6. The molecule has 0 saturated carbocycles. The highest BCUT2D eigenvalue weighted by atomic mass is 16.5. The van der Waals surface area contributed by atoms with Crippen LogP contribution >= 0.6 is 0 Å². The minimum Gasteiger partial charge on any atom is -0.461 e. The Balaban J connectivity index is 1.62. The van der Waals surface area contributed by atoms with Crippen LogP contribution in [-0.4, -0.2) is 18.3 Å². The monoisotopic (exact) mass is 403 g/mol. The van der Waals surface area contributed by atoms with E-state index in [1.807, 2.05) is 55.5 Å². The summed E-state index contributed by atoms with van der Waals surface area (Å²) in [7, 11) is 0. The third-order valence-electron chi connectivity index (χ3n) is 5.33. The summed E-state index contributed by atoms with van der Waals surface area (Å²) >= 11 is 0. The molecule has 156 valence electrons. The van der Waals surface area contributed by atoms with Crippen LogP contribution in [0.1, 0.15) is 48.8 Å². The minimum absolute atomic E-state index is 0.103. The zero-order valence-corrected chi connectivity index (χ0v) is 17.5. The molecule has 0 heterocycles. The Bertz CT molecular complexity index is 995. The minimum atomic E-state index is -0.349. The van der Waals surface area contributed by atoms with Crippen molar-refractivity contribution in [3.05, 3.63) is 83.4 Å². The summed E-state index contributed by atoms with van der Waals surface area (Å²) in [5, 5.41) is 2.29. The molecular formula is C26H29NO3. The smallest absolute Gasteiger partial charge is 0.306 e. The number of hydrogen-bond acceptors (Lipinski definition) is 4. The molecule has 0 amide bonds. The average Bonchev–Trinajstić information content (AvgIpc) is 2.77. The van der Waals surface area contributed by atoms with Crippen LogP contribution in [0.3, 0.4) is 0 Å². The van der Waals surface area contributed by atoms with Crippen molar-refractivity contribution in [2.75, 3.05) is 6.54 Å². The standard InChI is InChI=1S/C26H29NO3/c1-2-3-8-26(29)30-18-19-9-13-22(14-10-19)24(17-27)25(28)16-20-11-12-21-6-4-5-7-23(21)15-20/h4-7,9-15,24H,2-3,8,16-18,27H2,1H3. The van der Waals surface area contributed by atoms with Gasteiger partial charge in [0.2, 0.25) is 0 Å². The Morgan fingerprint density at radius 1 is 0.933 bits per heavy atom. The summed E-state index contributed by atoms with van der Waals surface area (Å²) in [6, 6.07) is 21.8. The van der Waals surface area contributed by atoms with Gasteiger partial charge in [0, 0.05) is 19.4 Å². The Morgan fingerprint density at radius 3 is 2.33 bits per heavy atom. The number of nitrogens with two attached hydrogens (primary N) is 1. The SMILES string of the molecule is CCCCC(=O)OCc1ccc(C(CN)C(=O)Cc2ccc3ccccc3c2)cc1. The van der Waals surface area contributed by atoms with Crippen molar-refractivity contribution in [3.8, 4) is 0 Å². The maximum Gasteiger partial charge on any atom is 0.306 e. The van der Waals surface area contributed by atoms with Gasteiger partial charge in [0.05, 0.1) is 5.92 Å². The number of ether oxygens (including phenoxy) is 1. The van der Waals surface area contributed by atoms with Gasteiger partial charge < -0.3 is 10.5 Å². The number of carbonyl (C=O) groups excluding carboxylic acids is 2. The third-order valence-corrected chi connectivity index (χ3v) is 5.33. The molecule has 0 aliphatic heterocycles. The summed E-state index contributed by atoms with van der Waals surface area (Å²) in [6.45, 7) is 2.56. The molecule has 3 aromatic carbocycles. The molecule has 0 bridgehead atoms. The Morgan fingerprint density at radius 2 is 1.63 bits per heavy atom. The molecule has 0 spiro atoms. The fraction of sp³-hybridized carbons (Fsp3) is 0.308. The Labute approximate surface area is 178 Å². The molecular weight excluding hydrogens is 374 g/mol. The maximum absolute atomic E-state index is 12.9. The highest BCUT2D eigenvalue weighted by Gasteiger charge is 2.19. The number of hydrogen-bond donors (Lipinski definition) is 1. The molecule has 0 fully saturated rings. The van der Waals surface area contributed by atoms with Crippen molar-refractivity contribution < 1.29 is 14.3 Å². The van der Waals surface area contributed by atoms with Gasteiger partial charge in [-0.05, 0) is 33.9 Å². The van der Waals surface area contributed by atoms with Crippen LogP contribution in [0.25, 0.3) is 10.8 Å². The summed E-state index contributed by atoms with van der Waals surface area (Å²) in [5.41, 5.74) is 8.73. The lowest BCUT2D eigenvalue weighted by atomic mass is 9.90. The Hall–Kier alpha value is -2.98. The predicted octanol–water partition coefficient (Wildman–Crippen LogP) is 4.93. The zero-order valence-electron chi connectivity index (χ0n) is 17.5. The fourth-order valence-corrected chi connectivity index (χ4v) is 3.53. The largest absolute Gasteiger partial charge is 0.461 e. The van der Waals surface area contributed by atoms with E-state index in [9.17, 15) is 9.59 Å². The first kappa shape index (κ1) is 21.7. The number of ketones is 1. The van der Waals surface area contributed by atoms with Crippen LogP contribution in [0, 0.1) is 0 Å². The number of benzene rings is 3.